The van der Waals surface area contributed by atoms with Gasteiger partial charge < -0.3 is 0 Å². The number of hydrogen-bond donors (Lipinski definition) is 0. The van der Waals surface area contributed by atoms with Crippen LogP contribution < -0.4 is 0 Å². The number of aliphatic imine (C=N–C) groups is 1. The molecule has 3 nitrogen and oxygen atoms in total. The highest BCUT2D eigenvalue weighted by Crippen LogP contribution is 2.06. The van der Waals surface area contributed by atoms with Crippen LogP contribution in [0.15, 0.2) is 17.1 Å². The highest BCUT2D eigenvalue weighted by Gasteiger charge is 2.10. The van der Waals surface area contributed by atoms with E-state index in [1.54, 1.807) is 6.92 Å². The lowest BCUT2D eigenvalue weighted by molar-refractivity contribution is -0.115. The number of allylic oxidation sites excluding steroid dienone is 1. The Kier molecular flexibility index (Phi) is 4.89. The summed E-state index contributed by atoms with van der Waals surface area (Å²) in [6, 6.07) is -0.230. The van der Waals surface area contributed by atoms with Gasteiger partial charge >= 0.3 is 0 Å². The Morgan fingerprint density at radius 3 is 2.58 bits per heavy atom. The second kappa shape index (κ2) is 5.44. The number of hydrogen-bond acceptors (Lipinski definition) is 3. The molecule has 0 aliphatic heterocycles. The fourth-order valence-electron chi connectivity index (χ4n) is 0.744. The van der Waals surface area contributed by atoms with Gasteiger partial charge in [-0.15, -0.1) is 0 Å². The molecule has 0 amide bonds. The van der Waals surface area contributed by atoms with Gasteiger partial charge in [-0.05, 0) is 18.9 Å². The standard InChI is InChI=1S/C9H13NO2/c1-4-8(10-6-11)5-9(12)7(2)3/h8H,2,4-5H2,1,3H3. The van der Waals surface area contributed by atoms with Gasteiger partial charge in [0.05, 0.1) is 6.04 Å². The lowest BCUT2D eigenvalue weighted by Crippen LogP contribution is -2.10. The molecule has 0 aliphatic carbocycles. The van der Waals surface area contributed by atoms with Crippen LogP contribution in [-0.2, 0) is 9.59 Å². The van der Waals surface area contributed by atoms with Crippen LogP contribution in [0.3, 0.4) is 0 Å². The third-order valence-corrected chi connectivity index (χ3v) is 1.60. The maximum atomic E-state index is 11.1. The van der Waals surface area contributed by atoms with Crippen LogP contribution in [-0.4, -0.2) is 17.9 Å². The summed E-state index contributed by atoms with van der Waals surface area (Å²) in [4.78, 5) is 24.5. The number of rotatable bonds is 5. The first-order valence-corrected chi connectivity index (χ1v) is 3.87. The SMILES string of the molecule is C=C(C)C(=O)CC(CC)N=C=O. The van der Waals surface area contributed by atoms with Crippen molar-refractivity contribution in [1.29, 1.82) is 0 Å². The molecule has 12 heavy (non-hydrogen) atoms. The summed E-state index contributed by atoms with van der Waals surface area (Å²) >= 11 is 0. The van der Waals surface area contributed by atoms with Gasteiger partial charge in [-0.1, -0.05) is 13.5 Å². The fourth-order valence-corrected chi connectivity index (χ4v) is 0.744. The van der Waals surface area contributed by atoms with Gasteiger partial charge in [0.25, 0.3) is 0 Å². The minimum Gasteiger partial charge on any atom is -0.295 e. The van der Waals surface area contributed by atoms with Crippen molar-refractivity contribution in [1.82, 2.24) is 0 Å². The second-order valence-corrected chi connectivity index (χ2v) is 2.69. The highest BCUT2D eigenvalue weighted by atomic mass is 16.1. The van der Waals surface area contributed by atoms with Crippen LogP contribution in [0.2, 0.25) is 0 Å². The van der Waals surface area contributed by atoms with E-state index in [1.165, 1.54) is 6.08 Å². The molecule has 0 fully saturated rings. The number of nitrogens with zero attached hydrogens (tertiary/aromatic N) is 1. The van der Waals surface area contributed by atoms with Crippen molar-refractivity contribution >= 4 is 11.9 Å². The monoisotopic (exact) mass is 167 g/mol. The highest BCUT2D eigenvalue weighted by molar-refractivity contribution is 5.94. The average Bonchev–Trinajstić information content (AvgIpc) is 2.03. The van der Waals surface area contributed by atoms with E-state index in [9.17, 15) is 9.59 Å². The molecule has 0 N–H and O–H groups in total. The summed E-state index contributed by atoms with van der Waals surface area (Å²) < 4.78 is 0. The summed E-state index contributed by atoms with van der Waals surface area (Å²) in [5.41, 5.74) is 0.509. The van der Waals surface area contributed by atoms with E-state index >= 15 is 0 Å². The minimum atomic E-state index is -0.230. The number of ketones is 1. The Balaban J connectivity index is 4.11. The predicted octanol–water partition coefficient (Wildman–Crippen LogP) is 1.64. The van der Waals surface area contributed by atoms with Gasteiger partial charge in [0.15, 0.2) is 5.78 Å². The maximum Gasteiger partial charge on any atom is 0.235 e. The molecular weight excluding hydrogens is 154 g/mol. The largest absolute Gasteiger partial charge is 0.295 e. The second-order valence-electron chi connectivity index (χ2n) is 2.69. The lowest BCUT2D eigenvalue weighted by Gasteiger charge is -2.05. The molecule has 0 bridgehead atoms. The molecule has 1 atom stereocenters. The maximum absolute atomic E-state index is 11.1. The predicted molar refractivity (Wildman–Crippen MR) is 46.6 cm³/mol. The van der Waals surface area contributed by atoms with Crippen molar-refractivity contribution in [3.05, 3.63) is 12.2 Å². The van der Waals surface area contributed by atoms with Crippen molar-refractivity contribution in [3.63, 3.8) is 0 Å². The smallest absolute Gasteiger partial charge is 0.235 e. The summed E-state index contributed by atoms with van der Waals surface area (Å²) in [7, 11) is 0. The van der Waals surface area contributed by atoms with Gasteiger partial charge in [-0.3, -0.25) is 4.79 Å². The molecule has 0 saturated heterocycles. The molecule has 0 saturated carbocycles. The molecule has 66 valence electrons. The van der Waals surface area contributed by atoms with Crippen LogP contribution in [0.25, 0.3) is 0 Å². The summed E-state index contributed by atoms with van der Waals surface area (Å²) in [6.07, 6.45) is 2.40. The van der Waals surface area contributed by atoms with Crippen LogP contribution in [0.4, 0.5) is 0 Å². The minimum absolute atomic E-state index is 0.0409. The molecule has 0 rings (SSSR count). The molecule has 0 spiro atoms. The molecule has 0 radical (unpaired) electrons. The molecule has 3 heteroatoms. The molecule has 1 unspecified atom stereocenters. The third-order valence-electron chi connectivity index (χ3n) is 1.60. The molecule has 0 aromatic carbocycles. The number of carbonyl (C=O) groups excluding carboxylic acids is 2. The topological polar surface area (TPSA) is 46.5 Å². The van der Waals surface area contributed by atoms with E-state index in [-0.39, 0.29) is 18.2 Å². The van der Waals surface area contributed by atoms with E-state index in [0.29, 0.717) is 12.0 Å². The lowest BCUT2D eigenvalue weighted by atomic mass is 10.1. The van der Waals surface area contributed by atoms with Crippen LogP contribution in [0.1, 0.15) is 26.7 Å². The summed E-state index contributed by atoms with van der Waals surface area (Å²) in [5.74, 6) is -0.0409. The van der Waals surface area contributed by atoms with E-state index in [0.717, 1.165) is 0 Å². The zero-order valence-corrected chi connectivity index (χ0v) is 7.46. The van der Waals surface area contributed by atoms with E-state index in [1.807, 2.05) is 6.92 Å². The van der Waals surface area contributed by atoms with Gasteiger partial charge in [0.2, 0.25) is 6.08 Å². The van der Waals surface area contributed by atoms with Crippen LogP contribution in [0, 0.1) is 0 Å². The van der Waals surface area contributed by atoms with Crippen molar-refractivity contribution in [2.75, 3.05) is 0 Å². The van der Waals surface area contributed by atoms with Crippen molar-refractivity contribution in [2.45, 2.75) is 32.7 Å². The Hall–Kier alpha value is -1.21. The fraction of sp³-hybridized carbons (Fsp3) is 0.556. The molecule has 0 aliphatic rings. The zero-order valence-electron chi connectivity index (χ0n) is 7.46. The Morgan fingerprint density at radius 1 is 1.67 bits per heavy atom. The van der Waals surface area contributed by atoms with Gasteiger partial charge in [0.1, 0.15) is 0 Å². The normalized spacial score (nSPS) is 11.5. The first-order chi connectivity index (χ1) is 5.61. The number of carbonyl (C=O) groups is 1. The Labute approximate surface area is 72.2 Å². The third kappa shape index (κ3) is 3.84. The number of Topliss-reactive ketones (excluding diaryl/α,β-unsaturated/α-hetero) is 1. The summed E-state index contributed by atoms with van der Waals surface area (Å²) in [5, 5.41) is 0. The number of isocyanates is 1. The quantitative estimate of drug-likeness (QED) is 0.355. The van der Waals surface area contributed by atoms with Crippen LogP contribution in [0.5, 0.6) is 0 Å². The molecule has 0 heterocycles. The average molecular weight is 167 g/mol. The Morgan fingerprint density at radius 2 is 2.25 bits per heavy atom. The molecular formula is C9H13NO2. The Bertz CT molecular complexity index is 227. The van der Waals surface area contributed by atoms with Crippen molar-refractivity contribution in [3.8, 4) is 0 Å². The summed E-state index contributed by atoms with van der Waals surface area (Å²) in [6.45, 7) is 7.04. The van der Waals surface area contributed by atoms with Gasteiger partial charge in [-0.25, -0.2) is 9.79 Å². The molecule has 0 aromatic heterocycles. The molecule has 0 aromatic rings. The van der Waals surface area contributed by atoms with Crippen LogP contribution >= 0.6 is 0 Å². The van der Waals surface area contributed by atoms with Crippen molar-refractivity contribution in [2.24, 2.45) is 4.99 Å². The van der Waals surface area contributed by atoms with E-state index in [4.69, 9.17) is 0 Å². The zero-order chi connectivity index (χ0) is 9.56. The first-order valence-electron chi connectivity index (χ1n) is 3.87. The van der Waals surface area contributed by atoms with Gasteiger partial charge in [0, 0.05) is 6.42 Å². The first kappa shape index (κ1) is 10.8. The van der Waals surface area contributed by atoms with Gasteiger partial charge in [-0.2, -0.15) is 0 Å². The van der Waals surface area contributed by atoms with Crippen molar-refractivity contribution < 1.29 is 9.59 Å². The van der Waals surface area contributed by atoms with E-state index < -0.39 is 0 Å². The van der Waals surface area contributed by atoms with E-state index in [2.05, 4.69) is 11.6 Å².